The van der Waals surface area contributed by atoms with E-state index in [0.29, 0.717) is 11.4 Å². The van der Waals surface area contributed by atoms with Gasteiger partial charge in [0.25, 0.3) is 0 Å². The molecule has 122 valence electrons. The molecule has 0 saturated carbocycles. The summed E-state index contributed by atoms with van der Waals surface area (Å²) in [6, 6.07) is 18.7. The van der Waals surface area contributed by atoms with Crippen molar-refractivity contribution in [1.29, 1.82) is 0 Å². The van der Waals surface area contributed by atoms with Crippen molar-refractivity contribution in [2.75, 3.05) is 0 Å². The van der Waals surface area contributed by atoms with Crippen LogP contribution in [0.1, 0.15) is 35.0 Å². The molecule has 1 heterocycles. The summed E-state index contributed by atoms with van der Waals surface area (Å²) >= 11 is 0. The molecule has 0 atom stereocenters. The van der Waals surface area contributed by atoms with Crippen molar-refractivity contribution < 1.29 is 9.53 Å². The van der Waals surface area contributed by atoms with Gasteiger partial charge in [-0.2, -0.15) is 5.10 Å². The fraction of sp³-hybridized carbons (Fsp3) is 0.200. The quantitative estimate of drug-likeness (QED) is 0.656. The summed E-state index contributed by atoms with van der Waals surface area (Å²) in [5.41, 5.74) is 3.42. The van der Waals surface area contributed by atoms with Crippen LogP contribution < -0.4 is 4.74 Å². The van der Waals surface area contributed by atoms with Gasteiger partial charge in [-0.1, -0.05) is 49.7 Å². The van der Waals surface area contributed by atoms with E-state index < -0.39 is 0 Å². The average Bonchev–Trinajstić information content (AvgIpc) is 2.98. The molecule has 0 aliphatic carbocycles. The highest BCUT2D eigenvalue weighted by molar-refractivity contribution is 5.90. The number of hydrogen-bond donors (Lipinski definition) is 0. The zero-order chi connectivity index (χ0) is 16.9. The molecule has 0 unspecified atom stereocenters. The van der Waals surface area contributed by atoms with Gasteiger partial charge < -0.3 is 4.74 Å². The van der Waals surface area contributed by atoms with Crippen molar-refractivity contribution in [1.82, 2.24) is 9.78 Å². The molecule has 0 aliphatic heterocycles. The molecule has 4 nitrogen and oxygen atoms in total. The first kappa shape index (κ1) is 16.0. The summed E-state index contributed by atoms with van der Waals surface area (Å²) in [6.07, 6.45) is 1.83. The van der Waals surface area contributed by atoms with Gasteiger partial charge in [-0.05, 0) is 37.1 Å². The highest BCUT2D eigenvalue weighted by Crippen LogP contribution is 2.23. The number of esters is 1. The Hall–Kier alpha value is -2.88. The van der Waals surface area contributed by atoms with Crippen molar-refractivity contribution in [3.8, 4) is 11.6 Å². The van der Waals surface area contributed by atoms with Crippen LogP contribution in [-0.4, -0.2) is 15.7 Å². The number of ether oxygens (including phenoxy) is 1. The molecule has 0 amide bonds. The second-order valence-corrected chi connectivity index (χ2v) is 5.68. The molecule has 0 N–H and O–H groups in total. The monoisotopic (exact) mass is 320 g/mol. The summed E-state index contributed by atoms with van der Waals surface area (Å²) in [7, 11) is 0. The standard InChI is InChI=1S/C20H20N2O2/c1-3-9-17-14-19(24-20(23)16-11-5-4-6-12-16)22(21-17)18-13-8-7-10-15(18)2/h4-8,10-14H,3,9H2,1-2H3. The maximum atomic E-state index is 12.4. The van der Waals surface area contributed by atoms with Crippen LogP contribution in [0.3, 0.4) is 0 Å². The Labute approximate surface area is 141 Å². The van der Waals surface area contributed by atoms with Crippen molar-refractivity contribution >= 4 is 5.97 Å². The Kier molecular flexibility index (Phi) is 4.75. The number of carbonyl (C=O) groups excluding carboxylic acids is 1. The summed E-state index contributed by atoms with van der Waals surface area (Å²) in [6.45, 7) is 4.11. The normalized spacial score (nSPS) is 10.6. The van der Waals surface area contributed by atoms with Crippen LogP contribution in [0, 0.1) is 6.92 Å². The van der Waals surface area contributed by atoms with E-state index in [9.17, 15) is 4.79 Å². The van der Waals surface area contributed by atoms with Gasteiger partial charge in [0.05, 0.1) is 16.9 Å². The van der Waals surface area contributed by atoms with Gasteiger partial charge in [0.2, 0.25) is 5.88 Å². The minimum Gasteiger partial charge on any atom is -0.404 e. The van der Waals surface area contributed by atoms with Crippen LogP contribution >= 0.6 is 0 Å². The van der Waals surface area contributed by atoms with Crippen molar-refractivity contribution in [2.24, 2.45) is 0 Å². The molecular formula is C20H20N2O2. The molecule has 4 heteroatoms. The molecule has 3 rings (SSSR count). The molecule has 0 bridgehead atoms. The van der Waals surface area contributed by atoms with Crippen molar-refractivity contribution in [3.63, 3.8) is 0 Å². The number of rotatable bonds is 5. The van der Waals surface area contributed by atoms with E-state index in [2.05, 4.69) is 12.0 Å². The van der Waals surface area contributed by atoms with Crippen LogP contribution in [0.15, 0.2) is 60.7 Å². The zero-order valence-corrected chi connectivity index (χ0v) is 13.9. The molecule has 0 aliphatic rings. The maximum absolute atomic E-state index is 12.4. The minimum absolute atomic E-state index is 0.381. The average molecular weight is 320 g/mol. The van der Waals surface area contributed by atoms with Gasteiger partial charge in [0.1, 0.15) is 0 Å². The van der Waals surface area contributed by atoms with E-state index >= 15 is 0 Å². The van der Waals surface area contributed by atoms with Crippen LogP contribution in [0.4, 0.5) is 0 Å². The molecule has 0 radical (unpaired) electrons. The highest BCUT2D eigenvalue weighted by Gasteiger charge is 2.16. The van der Waals surface area contributed by atoms with Crippen LogP contribution in [-0.2, 0) is 6.42 Å². The van der Waals surface area contributed by atoms with E-state index in [4.69, 9.17) is 4.74 Å². The van der Waals surface area contributed by atoms with E-state index in [1.165, 1.54) is 0 Å². The Morgan fingerprint density at radius 3 is 2.50 bits per heavy atom. The predicted molar refractivity (Wildman–Crippen MR) is 93.7 cm³/mol. The van der Waals surface area contributed by atoms with Gasteiger partial charge in [-0.3, -0.25) is 0 Å². The Morgan fingerprint density at radius 1 is 1.08 bits per heavy atom. The van der Waals surface area contributed by atoms with Crippen molar-refractivity contribution in [3.05, 3.63) is 77.5 Å². The third kappa shape index (κ3) is 3.38. The van der Waals surface area contributed by atoms with Crippen LogP contribution in [0.25, 0.3) is 5.69 Å². The molecule has 0 fully saturated rings. The van der Waals surface area contributed by atoms with E-state index in [0.717, 1.165) is 29.8 Å². The van der Waals surface area contributed by atoms with E-state index in [1.807, 2.05) is 55.5 Å². The molecule has 0 spiro atoms. The second kappa shape index (κ2) is 7.13. The molecule has 3 aromatic rings. The third-order valence-corrected chi connectivity index (χ3v) is 3.78. The van der Waals surface area contributed by atoms with Gasteiger partial charge in [-0.15, -0.1) is 0 Å². The van der Waals surface area contributed by atoms with Gasteiger partial charge in [0, 0.05) is 6.07 Å². The summed E-state index contributed by atoms with van der Waals surface area (Å²) in [5.74, 6) is 0.0648. The lowest BCUT2D eigenvalue weighted by Gasteiger charge is -2.10. The lowest BCUT2D eigenvalue weighted by molar-refractivity contribution is 0.0723. The number of para-hydroxylation sites is 1. The molecule has 1 aromatic heterocycles. The number of carbonyl (C=O) groups is 1. The highest BCUT2D eigenvalue weighted by atomic mass is 16.5. The number of aromatic nitrogens is 2. The predicted octanol–water partition coefficient (Wildman–Crippen LogP) is 4.35. The van der Waals surface area contributed by atoms with Crippen molar-refractivity contribution in [2.45, 2.75) is 26.7 Å². The topological polar surface area (TPSA) is 44.1 Å². The number of nitrogens with zero attached hydrogens (tertiary/aromatic N) is 2. The summed E-state index contributed by atoms with van der Waals surface area (Å²) in [5, 5.41) is 4.62. The Balaban J connectivity index is 1.97. The summed E-state index contributed by atoms with van der Waals surface area (Å²) < 4.78 is 7.34. The zero-order valence-electron chi connectivity index (χ0n) is 13.9. The van der Waals surface area contributed by atoms with E-state index in [1.54, 1.807) is 16.8 Å². The SMILES string of the molecule is CCCc1cc(OC(=O)c2ccccc2)n(-c2ccccc2C)n1. The lowest BCUT2D eigenvalue weighted by atomic mass is 10.2. The Morgan fingerprint density at radius 2 is 1.79 bits per heavy atom. The number of hydrogen-bond acceptors (Lipinski definition) is 3. The van der Waals surface area contributed by atoms with Gasteiger partial charge in [0.15, 0.2) is 0 Å². The minimum atomic E-state index is -0.381. The first-order valence-electron chi connectivity index (χ1n) is 8.11. The van der Waals surface area contributed by atoms with Crippen LogP contribution in [0.2, 0.25) is 0 Å². The van der Waals surface area contributed by atoms with Gasteiger partial charge >= 0.3 is 5.97 Å². The maximum Gasteiger partial charge on any atom is 0.344 e. The smallest absolute Gasteiger partial charge is 0.344 e. The first-order valence-corrected chi connectivity index (χ1v) is 8.11. The second-order valence-electron chi connectivity index (χ2n) is 5.68. The van der Waals surface area contributed by atoms with Crippen LogP contribution in [0.5, 0.6) is 5.88 Å². The Bertz CT molecular complexity index is 838. The fourth-order valence-corrected chi connectivity index (χ4v) is 2.56. The summed E-state index contributed by atoms with van der Waals surface area (Å²) in [4.78, 5) is 12.4. The molecular weight excluding hydrogens is 300 g/mol. The lowest BCUT2D eigenvalue weighted by Crippen LogP contribution is -2.12. The number of aryl methyl sites for hydroxylation is 2. The molecule has 2 aromatic carbocycles. The first-order chi connectivity index (χ1) is 11.7. The van der Waals surface area contributed by atoms with E-state index in [-0.39, 0.29) is 5.97 Å². The molecule has 0 saturated heterocycles. The van der Waals surface area contributed by atoms with Gasteiger partial charge in [-0.25, -0.2) is 9.48 Å². The fourth-order valence-electron chi connectivity index (χ4n) is 2.56. The third-order valence-electron chi connectivity index (χ3n) is 3.78. The largest absolute Gasteiger partial charge is 0.404 e. The molecule has 24 heavy (non-hydrogen) atoms. The number of benzene rings is 2.